The molecule has 0 saturated carbocycles. The van der Waals surface area contributed by atoms with Crippen LogP contribution in [-0.4, -0.2) is 31.7 Å². The van der Waals surface area contributed by atoms with E-state index in [0.717, 1.165) is 26.1 Å². The quantitative estimate of drug-likeness (QED) is 0.869. The third-order valence-corrected chi connectivity index (χ3v) is 3.71. The first-order chi connectivity index (χ1) is 9.66. The second-order valence-electron chi connectivity index (χ2n) is 5.15. The number of hydrogen-bond donors (Lipinski definition) is 2. The SMILES string of the molecule is C[C@@H](NCC(=O)Nc1ccccc1F)C1CCOCC1. The molecule has 1 aromatic carbocycles. The number of benzene rings is 1. The van der Waals surface area contributed by atoms with Crippen molar-refractivity contribution in [1.29, 1.82) is 0 Å². The van der Waals surface area contributed by atoms with Gasteiger partial charge in [0.15, 0.2) is 0 Å². The fourth-order valence-electron chi connectivity index (χ4n) is 2.39. The molecule has 1 aliphatic heterocycles. The second-order valence-corrected chi connectivity index (χ2v) is 5.15. The number of nitrogens with one attached hydrogen (secondary N) is 2. The zero-order valence-electron chi connectivity index (χ0n) is 11.7. The fraction of sp³-hybridized carbons (Fsp3) is 0.533. The van der Waals surface area contributed by atoms with Crippen molar-refractivity contribution in [2.24, 2.45) is 5.92 Å². The first-order valence-corrected chi connectivity index (χ1v) is 7.02. The van der Waals surface area contributed by atoms with Gasteiger partial charge in [-0.15, -0.1) is 0 Å². The number of halogens is 1. The van der Waals surface area contributed by atoms with Crippen molar-refractivity contribution in [2.45, 2.75) is 25.8 Å². The maximum absolute atomic E-state index is 13.4. The number of amides is 1. The van der Waals surface area contributed by atoms with Gasteiger partial charge in [0, 0.05) is 19.3 Å². The molecular weight excluding hydrogens is 259 g/mol. The van der Waals surface area contributed by atoms with Gasteiger partial charge < -0.3 is 15.4 Å². The van der Waals surface area contributed by atoms with Crippen molar-refractivity contribution in [2.75, 3.05) is 25.1 Å². The van der Waals surface area contributed by atoms with Crippen LogP contribution in [0.3, 0.4) is 0 Å². The van der Waals surface area contributed by atoms with E-state index in [1.165, 1.54) is 6.07 Å². The van der Waals surface area contributed by atoms with E-state index in [9.17, 15) is 9.18 Å². The van der Waals surface area contributed by atoms with Crippen molar-refractivity contribution in [1.82, 2.24) is 5.32 Å². The summed E-state index contributed by atoms with van der Waals surface area (Å²) < 4.78 is 18.7. The molecule has 2 rings (SSSR count). The minimum Gasteiger partial charge on any atom is -0.381 e. The average molecular weight is 280 g/mol. The number of para-hydroxylation sites is 1. The Bertz CT molecular complexity index is 447. The van der Waals surface area contributed by atoms with Gasteiger partial charge in [0.25, 0.3) is 0 Å². The predicted molar refractivity (Wildman–Crippen MR) is 76.0 cm³/mol. The summed E-state index contributed by atoms with van der Waals surface area (Å²) in [5.74, 6) is -0.114. The van der Waals surface area contributed by atoms with Gasteiger partial charge in [0.2, 0.25) is 5.91 Å². The topological polar surface area (TPSA) is 50.4 Å². The van der Waals surface area contributed by atoms with Crippen LogP contribution >= 0.6 is 0 Å². The number of carbonyl (C=O) groups excluding carboxylic acids is 1. The summed E-state index contributed by atoms with van der Waals surface area (Å²) in [6.07, 6.45) is 2.03. The second kappa shape index (κ2) is 7.36. The number of rotatable bonds is 5. The van der Waals surface area contributed by atoms with E-state index in [0.29, 0.717) is 5.92 Å². The molecule has 1 heterocycles. The van der Waals surface area contributed by atoms with Crippen molar-refractivity contribution in [3.63, 3.8) is 0 Å². The summed E-state index contributed by atoms with van der Waals surface area (Å²) in [6, 6.07) is 6.42. The van der Waals surface area contributed by atoms with Crippen LogP contribution in [0.15, 0.2) is 24.3 Å². The Hall–Kier alpha value is -1.46. The van der Waals surface area contributed by atoms with Crippen molar-refractivity contribution in [3.8, 4) is 0 Å². The molecule has 1 aliphatic rings. The van der Waals surface area contributed by atoms with E-state index in [-0.39, 0.29) is 24.2 Å². The molecule has 0 bridgehead atoms. The number of ether oxygens (including phenoxy) is 1. The van der Waals surface area contributed by atoms with Crippen LogP contribution in [0.5, 0.6) is 0 Å². The average Bonchev–Trinajstić information content (AvgIpc) is 2.48. The Balaban J connectivity index is 1.76. The molecule has 4 nitrogen and oxygen atoms in total. The molecule has 0 radical (unpaired) electrons. The molecule has 1 saturated heterocycles. The summed E-state index contributed by atoms with van der Waals surface area (Å²) in [4.78, 5) is 11.8. The fourth-order valence-corrected chi connectivity index (χ4v) is 2.39. The van der Waals surface area contributed by atoms with Crippen LogP contribution in [0, 0.1) is 11.7 Å². The Morgan fingerprint density at radius 3 is 2.80 bits per heavy atom. The van der Waals surface area contributed by atoms with Gasteiger partial charge in [-0.05, 0) is 37.8 Å². The standard InChI is InChI=1S/C15H21FN2O2/c1-11(12-6-8-20-9-7-12)17-10-15(19)18-14-5-3-2-4-13(14)16/h2-5,11-12,17H,6-10H2,1H3,(H,18,19)/t11-/m1/s1. The lowest BCUT2D eigenvalue weighted by atomic mass is 9.93. The molecule has 1 fully saturated rings. The van der Waals surface area contributed by atoms with Gasteiger partial charge in [0.05, 0.1) is 12.2 Å². The summed E-state index contributed by atoms with van der Waals surface area (Å²) in [7, 11) is 0. The smallest absolute Gasteiger partial charge is 0.238 e. The first kappa shape index (κ1) is 14.9. The van der Waals surface area contributed by atoms with E-state index < -0.39 is 5.82 Å². The monoisotopic (exact) mass is 280 g/mol. The normalized spacial score (nSPS) is 17.7. The van der Waals surface area contributed by atoms with Gasteiger partial charge in [0.1, 0.15) is 5.82 Å². The third-order valence-electron chi connectivity index (χ3n) is 3.71. The number of anilines is 1. The van der Waals surface area contributed by atoms with E-state index in [1.807, 2.05) is 0 Å². The predicted octanol–water partition coefficient (Wildman–Crippen LogP) is 2.17. The van der Waals surface area contributed by atoms with E-state index in [2.05, 4.69) is 17.6 Å². The largest absolute Gasteiger partial charge is 0.381 e. The van der Waals surface area contributed by atoms with Gasteiger partial charge in [-0.25, -0.2) is 4.39 Å². The molecule has 2 N–H and O–H groups in total. The Morgan fingerprint density at radius 2 is 2.10 bits per heavy atom. The summed E-state index contributed by atoms with van der Waals surface area (Å²) in [6.45, 7) is 3.84. The molecule has 0 aromatic heterocycles. The Kier molecular flexibility index (Phi) is 5.49. The molecular formula is C15H21FN2O2. The zero-order chi connectivity index (χ0) is 14.4. The Labute approximate surface area is 118 Å². The highest BCUT2D eigenvalue weighted by atomic mass is 19.1. The van der Waals surface area contributed by atoms with Crippen LogP contribution in [0.2, 0.25) is 0 Å². The summed E-state index contributed by atoms with van der Waals surface area (Å²) in [5, 5.41) is 5.77. The van der Waals surface area contributed by atoms with Gasteiger partial charge in [-0.1, -0.05) is 12.1 Å². The van der Waals surface area contributed by atoms with Crippen molar-refractivity contribution in [3.05, 3.63) is 30.1 Å². The summed E-state index contributed by atoms with van der Waals surface area (Å²) in [5.41, 5.74) is 0.220. The van der Waals surface area contributed by atoms with Crippen LogP contribution < -0.4 is 10.6 Å². The molecule has 0 spiro atoms. The number of hydrogen-bond acceptors (Lipinski definition) is 3. The lowest BCUT2D eigenvalue weighted by Crippen LogP contribution is -2.40. The van der Waals surface area contributed by atoms with E-state index >= 15 is 0 Å². The van der Waals surface area contributed by atoms with Crippen LogP contribution in [0.4, 0.5) is 10.1 Å². The van der Waals surface area contributed by atoms with Gasteiger partial charge >= 0.3 is 0 Å². The van der Waals surface area contributed by atoms with E-state index in [4.69, 9.17) is 4.74 Å². The van der Waals surface area contributed by atoms with E-state index in [1.54, 1.807) is 18.2 Å². The van der Waals surface area contributed by atoms with Crippen LogP contribution in [-0.2, 0) is 9.53 Å². The van der Waals surface area contributed by atoms with Crippen molar-refractivity contribution < 1.29 is 13.9 Å². The third kappa shape index (κ3) is 4.28. The first-order valence-electron chi connectivity index (χ1n) is 7.02. The van der Waals surface area contributed by atoms with Gasteiger partial charge in [-0.3, -0.25) is 4.79 Å². The lowest BCUT2D eigenvalue weighted by molar-refractivity contribution is -0.115. The molecule has 1 atom stereocenters. The molecule has 0 unspecified atom stereocenters. The number of carbonyl (C=O) groups is 1. The minimum absolute atomic E-state index is 0.187. The highest BCUT2D eigenvalue weighted by Crippen LogP contribution is 2.18. The molecule has 20 heavy (non-hydrogen) atoms. The molecule has 0 aliphatic carbocycles. The van der Waals surface area contributed by atoms with Crippen LogP contribution in [0.25, 0.3) is 0 Å². The highest BCUT2D eigenvalue weighted by Gasteiger charge is 2.20. The molecule has 1 aromatic rings. The molecule has 5 heteroatoms. The maximum Gasteiger partial charge on any atom is 0.238 e. The Morgan fingerprint density at radius 1 is 1.40 bits per heavy atom. The molecule has 1 amide bonds. The zero-order valence-corrected chi connectivity index (χ0v) is 11.7. The van der Waals surface area contributed by atoms with Crippen molar-refractivity contribution >= 4 is 11.6 Å². The van der Waals surface area contributed by atoms with Gasteiger partial charge in [-0.2, -0.15) is 0 Å². The summed E-state index contributed by atoms with van der Waals surface area (Å²) >= 11 is 0. The lowest BCUT2D eigenvalue weighted by Gasteiger charge is -2.28. The minimum atomic E-state index is -0.418. The molecule has 110 valence electrons. The maximum atomic E-state index is 13.4. The highest BCUT2D eigenvalue weighted by molar-refractivity contribution is 5.92. The van der Waals surface area contributed by atoms with Crippen LogP contribution in [0.1, 0.15) is 19.8 Å².